The molecule has 2 aliphatic rings. The predicted octanol–water partition coefficient (Wildman–Crippen LogP) is 0.993. The number of anilines is 1. The highest BCUT2D eigenvalue weighted by atomic mass is 32.2. The molecule has 0 atom stereocenters. The van der Waals surface area contributed by atoms with Crippen molar-refractivity contribution < 1.29 is 13.5 Å². The lowest BCUT2D eigenvalue weighted by molar-refractivity contribution is 0.170. The first-order valence-corrected chi connectivity index (χ1v) is 9.21. The first-order valence-electron chi connectivity index (χ1n) is 6.96. The van der Waals surface area contributed by atoms with E-state index in [2.05, 4.69) is 9.71 Å². The molecular weight excluding hydrogens is 298 g/mol. The molecule has 0 bridgehead atoms. The summed E-state index contributed by atoms with van der Waals surface area (Å²) >= 11 is 1.45. The Bertz CT molecular complexity index is 555. The van der Waals surface area contributed by atoms with E-state index in [1.807, 2.05) is 0 Å². The van der Waals surface area contributed by atoms with Gasteiger partial charge in [0.2, 0.25) is 0 Å². The summed E-state index contributed by atoms with van der Waals surface area (Å²) in [5.41, 5.74) is 1.05. The van der Waals surface area contributed by atoms with E-state index in [-0.39, 0.29) is 12.5 Å². The Morgan fingerprint density at radius 2 is 2.10 bits per heavy atom. The van der Waals surface area contributed by atoms with E-state index in [1.165, 1.54) is 20.5 Å². The molecule has 1 aromatic rings. The second kappa shape index (κ2) is 5.59. The number of fused-ring (bicyclic) bond motifs is 1. The molecule has 0 spiro atoms. The summed E-state index contributed by atoms with van der Waals surface area (Å²) in [5, 5.41) is 9.58. The molecule has 0 amide bonds. The lowest BCUT2D eigenvalue weighted by Crippen LogP contribution is -2.42. The van der Waals surface area contributed by atoms with E-state index < -0.39 is 10.2 Å². The van der Waals surface area contributed by atoms with Crippen LogP contribution in [0.25, 0.3) is 0 Å². The van der Waals surface area contributed by atoms with Crippen molar-refractivity contribution in [3.05, 3.63) is 10.6 Å². The minimum Gasteiger partial charge on any atom is -0.396 e. The van der Waals surface area contributed by atoms with Crippen LogP contribution < -0.4 is 4.72 Å². The molecule has 1 saturated heterocycles. The zero-order chi connectivity index (χ0) is 14.2. The molecule has 8 heteroatoms. The molecule has 112 valence electrons. The van der Waals surface area contributed by atoms with Gasteiger partial charge in [-0.25, -0.2) is 9.71 Å². The van der Waals surface area contributed by atoms with Gasteiger partial charge in [-0.05, 0) is 38.0 Å². The van der Waals surface area contributed by atoms with Gasteiger partial charge in [-0.15, -0.1) is 11.3 Å². The summed E-state index contributed by atoms with van der Waals surface area (Å²) in [6.45, 7) is 1.07. The SMILES string of the molecule is O=S(=O)(Nc1nc2c(s1)CCC2)N1CCC(CO)CC1. The van der Waals surface area contributed by atoms with E-state index in [0.29, 0.717) is 31.1 Å². The molecular formula is C12H19N3O3S2. The number of nitrogens with zero attached hydrogens (tertiary/aromatic N) is 2. The molecule has 1 aliphatic heterocycles. The van der Waals surface area contributed by atoms with Gasteiger partial charge in [0, 0.05) is 24.6 Å². The van der Waals surface area contributed by atoms with Gasteiger partial charge in [-0.1, -0.05) is 0 Å². The first kappa shape index (κ1) is 14.2. The zero-order valence-electron chi connectivity index (χ0n) is 11.2. The molecule has 2 heterocycles. The maximum absolute atomic E-state index is 12.3. The van der Waals surface area contributed by atoms with Gasteiger partial charge >= 0.3 is 10.2 Å². The van der Waals surface area contributed by atoms with Crippen molar-refractivity contribution >= 4 is 26.7 Å². The Labute approximate surface area is 123 Å². The van der Waals surface area contributed by atoms with E-state index in [4.69, 9.17) is 5.11 Å². The standard InChI is InChI=1S/C12H19N3O3S2/c16-8-9-4-6-15(7-5-9)20(17,18)14-12-13-10-2-1-3-11(10)19-12/h9,16H,1-8H2,(H,13,14). The average molecular weight is 317 g/mol. The van der Waals surface area contributed by atoms with Crippen LogP contribution in [0.15, 0.2) is 0 Å². The van der Waals surface area contributed by atoms with Crippen LogP contribution in [-0.4, -0.2) is 42.5 Å². The van der Waals surface area contributed by atoms with Crippen molar-refractivity contribution in [1.82, 2.24) is 9.29 Å². The summed E-state index contributed by atoms with van der Waals surface area (Å²) in [7, 11) is -3.51. The third-order valence-corrected chi connectivity index (χ3v) is 6.68. The quantitative estimate of drug-likeness (QED) is 0.868. The number of piperidine rings is 1. The third-order valence-electron chi connectivity index (χ3n) is 3.98. The van der Waals surface area contributed by atoms with E-state index in [1.54, 1.807) is 0 Å². The van der Waals surface area contributed by atoms with Crippen LogP contribution in [0.2, 0.25) is 0 Å². The van der Waals surface area contributed by atoms with Crippen molar-refractivity contribution in [2.24, 2.45) is 5.92 Å². The molecule has 3 rings (SSSR count). The second-order valence-electron chi connectivity index (χ2n) is 5.37. The highest BCUT2D eigenvalue weighted by Crippen LogP contribution is 2.31. The minimum atomic E-state index is -3.51. The fraction of sp³-hybridized carbons (Fsp3) is 0.750. The smallest absolute Gasteiger partial charge is 0.303 e. The summed E-state index contributed by atoms with van der Waals surface area (Å²) in [4.78, 5) is 5.57. The van der Waals surface area contributed by atoms with E-state index in [9.17, 15) is 8.42 Å². The third kappa shape index (κ3) is 2.83. The molecule has 1 aliphatic carbocycles. The minimum absolute atomic E-state index is 0.139. The van der Waals surface area contributed by atoms with E-state index >= 15 is 0 Å². The van der Waals surface area contributed by atoms with Gasteiger partial charge in [0.1, 0.15) is 0 Å². The second-order valence-corrected chi connectivity index (χ2v) is 8.13. The lowest BCUT2D eigenvalue weighted by atomic mass is 10.00. The average Bonchev–Trinajstić information content (AvgIpc) is 2.99. The molecule has 1 fully saturated rings. The van der Waals surface area contributed by atoms with Gasteiger partial charge in [0.15, 0.2) is 5.13 Å². The van der Waals surface area contributed by atoms with Crippen molar-refractivity contribution in [3.63, 3.8) is 0 Å². The van der Waals surface area contributed by atoms with Gasteiger partial charge < -0.3 is 5.11 Å². The normalized spacial score (nSPS) is 21.1. The van der Waals surface area contributed by atoms with Crippen molar-refractivity contribution in [2.45, 2.75) is 32.1 Å². The number of thiazole rings is 1. The maximum atomic E-state index is 12.3. The highest BCUT2D eigenvalue weighted by Gasteiger charge is 2.29. The molecule has 1 aromatic heterocycles. The van der Waals surface area contributed by atoms with Crippen LogP contribution >= 0.6 is 11.3 Å². The monoisotopic (exact) mass is 317 g/mol. The number of hydrogen-bond acceptors (Lipinski definition) is 5. The Morgan fingerprint density at radius 3 is 2.75 bits per heavy atom. The van der Waals surface area contributed by atoms with E-state index in [0.717, 1.165) is 25.0 Å². The Balaban J connectivity index is 1.66. The number of aromatic nitrogens is 1. The Kier molecular flexibility index (Phi) is 3.98. The van der Waals surface area contributed by atoms with Crippen molar-refractivity contribution in [3.8, 4) is 0 Å². The number of nitrogens with one attached hydrogen (secondary N) is 1. The molecule has 0 saturated carbocycles. The zero-order valence-corrected chi connectivity index (χ0v) is 12.8. The number of aliphatic hydroxyl groups is 1. The topological polar surface area (TPSA) is 82.5 Å². The van der Waals surface area contributed by atoms with Gasteiger partial charge in [0.05, 0.1) is 5.69 Å². The first-order chi connectivity index (χ1) is 9.58. The van der Waals surface area contributed by atoms with Crippen LogP contribution in [0.1, 0.15) is 29.8 Å². The summed E-state index contributed by atoms with van der Waals surface area (Å²) < 4.78 is 28.6. The summed E-state index contributed by atoms with van der Waals surface area (Å²) in [6.07, 6.45) is 4.51. The number of hydrogen-bond donors (Lipinski definition) is 2. The van der Waals surface area contributed by atoms with Gasteiger partial charge in [0.25, 0.3) is 0 Å². The van der Waals surface area contributed by atoms with Crippen LogP contribution in [0.5, 0.6) is 0 Å². The molecule has 6 nitrogen and oxygen atoms in total. The van der Waals surface area contributed by atoms with Crippen molar-refractivity contribution in [1.29, 1.82) is 0 Å². The largest absolute Gasteiger partial charge is 0.396 e. The fourth-order valence-electron chi connectivity index (χ4n) is 2.74. The predicted molar refractivity (Wildman–Crippen MR) is 78.1 cm³/mol. The number of aliphatic hydroxyl groups excluding tert-OH is 1. The number of aryl methyl sites for hydroxylation is 2. The molecule has 2 N–H and O–H groups in total. The summed E-state index contributed by atoms with van der Waals surface area (Å²) in [6, 6.07) is 0. The summed E-state index contributed by atoms with van der Waals surface area (Å²) in [5.74, 6) is 0.227. The molecule has 0 radical (unpaired) electrons. The van der Waals surface area contributed by atoms with Crippen LogP contribution in [0.4, 0.5) is 5.13 Å². The fourth-order valence-corrected chi connectivity index (χ4v) is 5.21. The van der Waals surface area contributed by atoms with Crippen molar-refractivity contribution in [2.75, 3.05) is 24.4 Å². The van der Waals surface area contributed by atoms with Crippen LogP contribution in [0.3, 0.4) is 0 Å². The molecule has 20 heavy (non-hydrogen) atoms. The molecule has 0 aromatic carbocycles. The highest BCUT2D eigenvalue weighted by molar-refractivity contribution is 7.90. The van der Waals surface area contributed by atoms with Gasteiger partial charge in [-0.2, -0.15) is 12.7 Å². The van der Waals surface area contributed by atoms with Gasteiger partial charge in [-0.3, -0.25) is 0 Å². The van der Waals surface area contributed by atoms with Crippen LogP contribution in [-0.2, 0) is 23.1 Å². The lowest BCUT2D eigenvalue weighted by Gasteiger charge is -2.29. The number of rotatable bonds is 4. The molecule has 0 unspecified atom stereocenters. The van der Waals surface area contributed by atoms with Crippen LogP contribution in [0, 0.1) is 5.92 Å². The maximum Gasteiger partial charge on any atom is 0.303 e. The Hall–Kier alpha value is -0.700. The Morgan fingerprint density at radius 1 is 1.35 bits per heavy atom.